The summed E-state index contributed by atoms with van der Waals surface area (Å²) < 4.78 is 31.6. The van der Waals surface area contributed by atoms with Crippen LogP contribution in [0.2, 0.25) is 0 Å². The summed E-state index contributed by atoms with van der Waals surface area (Å²) in [5.74, 6) is -3.08. The van der Waals surface area contributed by atoms with Crippen molar-refractivity contribution in [2.24, 2.45) is 5.92 Å². The summed E-state index contributed by atoms with van der Waals surface area (Å²) in [5, 5.41) is 5.21. The minimum Gasteiger partial charge on any atom is -0.464 e. The fourth-order valence-electron chi connectivity index (χ4n) is 3.60. The van der Waals surface area contributed by atoms with Gasteiger partial charge in [0.1, 0.15) is 23.7 Å². The number of ether oxygens (including phenoxy) is 1. The van der Waals surface area contributed by atoms with Crippen LogP contribution < -0.4 is 10.6 Å². The molecule has 0 spiro atoms. The van der Waals surface area contributed by atoms with Gasteiger partial charge in [-0.3, -0.25) is 9.59 Å². The highest BCUT2D eigenvalue weighted by Gasteiger charge is 2.33. The number of benzene rings is 1. The normalized spacial score (nSPS) is 16.6. The Kier molecular flexibility index (Phi) is 8.54. The van der Waals surface area contributed by atoms with Gasteiger partial charge in [0.15, 0.2) is 0 Å². The third-order valence-corrected chi connectivity index (χ3v) is 5.02. The van der Waals surface area contributed by atoms with Crippen molar-refractivity contribution < 1.29 is 27.9 Å². The molecule has 0 aromatic heterocycles. The lowest BCUT2D eigenvalue weighted by Gasteiger charge is -2.30. The van der Waals surface area contributed by atoms with Gasteiger partial charge in [-0.05, 0) is 50.3 Å². The van der Waals surface area contributed by atoms with E-state index in [9.17, 15) is 23.2 Å². The van der Waals surface area contributed by atoms with E-state index in [1.165, 1.54) is 6.92 Å². The molecule has 2 N–H and O–H groups in total. The van der Waals surface area contributed by atoms with Gasteiger partial charge in [-0.25, -0.2) is 13.6 Å². The zero-order chi connectivity index (χ0) is 21.4. The van der Waals surface area contributed by atoms with E-state index in [-0.39, 0.29) is 24.5 Å². The maximum Gasteiger partial charge on any atom is 0.328 e. The lowest BCUT2D eigenvalue weighted by atomic mass is 9.83. The molecule has 29 heavy (non-hydrogen) atoms. The molecule has 160 valence electrons. The van der Waals surface area contributed by atoms with Crippen LogP contribution in [-0.2, 0) is 25.5 Å². The molecule has 1 unspecified atom stereocenters. The second kappa shape index (κ2) is 10.9. The molecule has 0 heterocycles. The number of nitrogens with one attached hydrogen (secondary N) is 2. The SMILES string of the molecule is CCOC(=O)C(NC(=O)[C@H](C)NC(=O)Cc1cc(F)cc(F)c1)C1CCCCC1. The molecule has 1 aromatic rings. The maximum atomic E-state index is 13.2. The van der Waals surface area contributed by atoms with E-state index >= 15 is 0 Å². The number of esters is 1. The highest BCUT2D eigenvalue weighted by Crippen LogP contribution is 2.27. The van der Waals surface area contributed by atoms with E-state index in [1.54, 1.807) is 6.92 Å². The second-order valence-electron chi connectivity index (χ2n) is 7.38. The molecule has 0 radical (unpaired) electrons. The molecule has 0 saturated heterocycles. The van der Waals surface area contributed by atoms with E-state index in [0.717, 1.165) is 50.3 Å². The third-order valence-electron chi connectivity index (χ3n) is 5.02. The Labute approximate surface area is 169 Å². The molecule has 1 saturated carbocycles. The molecule has 0 bridgehead atoms. The second-order valence-corrected chi connectivity index (χ2v) is 7.38. The minimum absolute atomic E-state index is 0.00456. The Balaban J connectivity index is 1.95. The summed E-state index contributed by atoms with van der Waals surface area (Å²) in [5.41, 5.74) is 0.166. The summed E-state index contributed by atoms with van der Waals surface area (Å²) >= 11 is 0. The molecule has 2 rings (SSSR count). The summed E-state index contributed by atoms with van der Waals surface area (Å²) in [6.45, 7) is 3.41. The number of hydrogen-bond donors (Lipinski definition) is 2. The molecule has 1 fully saturated rings. The van der Waals surface area contributed by atoms with Gasteiger partial charge in [-0.2, -0.15) is 0 Å². The number of hydrogen-bond acceptors (Lipinski definition) is 4. The minimum atomic E-state index is -0.915. The Morgan fingerprint density at radius 3 is 2.28 bits per heavy atom. The van der Waals surface area contributed by atoms with Crippen molar-refractivity contribution in [2.75, 3.05) is 6.61 Å². The van der Waals surface area contributed by atoms with E-state index in [0.29, 0.717) is 0 Å². The van der Waals surface area contributed by atoms with Crippen molar-refractivity contribution in [1.29, 1.82) is 0 Å². The Hall–Kier alpha value is -2.51. The predicted molar refractivity (Wildman–Crippen MR) is 103 cm³/mol. The van der Waals surface area contributed by atoms with Crippen LogP contribution in [0.1, 0.15) is 51.5 Å². The number of amides is 2. The van der Waals surface area contributed by atoms with Crippen LogP contribution in [0.3, 0.4) is 0 Å². The van der Waals surface area contributed by atoms with Gasteiger partial charge in [-0.15, -0.1) is 0 Å². The van der Waals surface area contributed by atoms with Crippen LogP contribution in [-0.4, -0.2) is 36.5 Å². The Morgan fingerprint density at radius 2 is 1.69 bits per heavy atom. The van der Waals surface area contributed by atoms with Crippen molar-refractivity contribution >= 4 is 17.8 Å². The van der Waals surface area contributed by atoms with E-state index in [2.05, 4.69) is 10.6 Å². The molecular weight excluding hydrogens is 382 g/mol. The van der Waals surface area contributed by atoms with E-state index < -0.39 is 41.5 Å². The molecule has 2 atom stereocenters. The zero-order valence-corrected chi connectivity index (χ0v) is 16.8. The standard InChI is InChI=1S/C21H28F2N2O4/c1-3-29-21(28)19(15-7-5-4-6-8-15)25-20(27)13(2)24-18(26)11-14-9-16(22)12-17(23)10-14/h9-10,12-13,15,19H,3-8,11H2,1-2H3,(H,24,26)(H,25,27)/t13-,19?/m0/s1. The summed E-state index contributed by atoms with van der Waals surface area (Å²) in [7, 11) is 0. The van der Waals surface area contributed by atoms with Crippen LogP contribution in [0.5, 0.6) is 0 Å². The van der Waals surface area contributed by atoms with Crippen LogP contribution in [0.4, 0.5) is 8.78 Å². The molecule has 1 aliphatic carbocycles. The third kappa shape index (κ3) is 7.11. The Bertz CT molecular complexity index is 715. The van der Waals surface area contributed by atoms with E-state index in [4.69, 9.17) is 4.74 Å². The molecule has 6 nitrogen and oxygen atoms in total. The van der Waals surface area contributed by atoms with Gasteiger partial charge < -0.3 is 15.4 Å². The molecule has 0 aliphatic heterocycles. The zero-order valence-electron chi connectivity index (χ0n) is 16.8. The molecule has 2 amide bonds. The molecule has 1 aromatic carbocycles. The van der Waals surface area contributed by atoms with Gasteiger partial charge in [0.25, 0.3) is 0 Å². The van der Waals surface area contributed by atoms with Gasteiger partial charge in [0, 0.05) is 6.07 Å². The largest absolute Gasteiger partial charge is 0.464 e. The lowest BCUT2D eigenvalue weighted by Crippen LogP contribution is -2.53. The molecule has 8 heteroatoms. The van der Waals surface area contributed by atoms with Crippen molar-refractivity contribution in [3.8, 4) is 0 Å². The van der Waals surface area contributed by atoms with Crippen molar-refractivity contribution in [3.63, 3.8) is 0 Å². The van der Waals surface area contributed by atoms with Crippen molar-refractivity contribution in [1.82, 2.24) is 10.6 Å². The first-order chi connectivity index (χ1) is 13.8. The van der Waals surface area contributed by atoms with Crippen LogP contribution in [0.15, 0.2) is 18.2 Å². The number of rotatable bonds is 8. The predicted octanol–water partition coefficient (Wildman–Crippen LogP) is 2.64. The monoisotopic (exact) mass is 410 g/mol. The summed E-state index contributed by atoms with van der Waals surface area (Å²) in [4.78, 5) is 37.0. The Morgan fingerprint density at radius 1 is 1.07 bits per heavy atom. The number of carbonyl (C=O) groups is 3. The highest BCUT2D eigenvalue weighted by molar-refractivity contribution is 5.91. The van der Waals surface area contributed by atoms with Gasteiger partial charge in [-0.1, -0.05) is 19.3 Å². The summed E-state index contributed by atoms with van der Waals surface area (Å²) in [6.07, 6.45) is 4.48. The first-order valence-electron chi connectivity index (χ1n) is 10.0. The van der Waals surface area contributed by atoms with Crippen LogP contribution >= 0.6 is 0 Å². The molecular formula is C21H28F2N2O4. The number of carbonyl (C=O) groups excluding carboxylic acids is 3. The smallest absolute Gasteiger partial charge is 0.328 e. The van der Waals surface area contributed by atoms with Crippen molar-refractivity contribution in [3.05, 3.63) is 35.4 Å². The quantitative estimate of drug-likeness (QED) is 0.646. The van der Waals surface area contributed by atoms with Gasteiger partial charge in [0.05, 0.1) is 13.0 Å². The van der Waals surface area contributed by atoms with E-state index in [1.807, 2.05) is 0 Å². The lowest BCUT2D eigenvalue weighted by molar-refractivity contribution is -0.149. The summed E-state index contributed by atoms with van der Waals surface area (Å²) in [6, 6.07) is 1.18. The fourth-order valence-corrected chi connectivity index (χ4v) is 3.60. The fraction of sp³-hybridized carbons (Fsp3) is 0.571. The first kappa shape index (κ1) is 22.8. The highest BCUT2D eigenvalue weighted by atomic mass is 19.1. The van der Waals surface area contributed by atoms with Crippen molar-refractivity contribution in [2.45, 2.75) is 64.5 Å². The van der Waals surface area contributed by atoms with Crippen LogP contribution in [0.25, 0.3) is 0 Å². The maximum absolute atomic E-state index is 13.2. The van der Waals surface area contributed by atoms with Crippen LogP contribution in [0, 0.1) is 17.6 Å². The van der Waals surface area contributed by atoms with Gasteiger partial charge in [0.2, 0.25) is 11.8 Å². The average molecular weight is 410 g/mol. The number of halogens is 2. The van der Waals surface area contributed by atoms with Gasteiger partial charge >= 0.3 is 5.97 Å². The first-order valence-corrected chi connectivity index (χ1v) is 10.0. The molecule has 1 aliphatic rings. The average Bonchev–Trinajstić information content (AvgIpc) is 2.65. The topological polar surface area (TPSA) is 84.5 Å².